The smallest absolute Gasteiger partial charge is 0.438 e. The second-order valence-electron chi connectivity index (χ2n) is 2.79. The Bertz CT molecular complexity index is 210. The van der Waals surface area contributed by atoms with Crippen molar-refractivity contribution in [2.24, 2.45) is 0 Å². The van der Waals surface area contributed by atoms with Crippen LogP contribution in [0.4, 0.5) is 4.79 Å². The van der Waals surface area contributed by atoms with Crippen LogP contribution in [0.15, 0.2) is 0 Å². The maximum atomic E-state index is 11.0. The van der Waals surface area contributed by atoms with Crippen molar-refractivity contribution < 1.29 is 48.9 Å². The van der Waals surface area contributed by atoms with Crippen molar-refractivity contribution in [3.63, 3.8) is 0 Å². The Hall–Kier alpha value is 0.350. The lowest BCUT2D eigenvalue weighted by Crippen LogP contribution is -3.00. The van der Waals surface area contributed by atoms with Crippen LogP contribution in [0.25, 0.3) is 0 Å². The summed E-state index contributed by atoms with van der Waals surface area (Å²) < 4.78 is 0.611. The first kappa shape index (κ1) is 14.9. The minimum atomic E-state index is -0.723. The maximum absolute atomic E-state index is 11.0. The highest BCUT2D eigenvalue weighted by Crippen LogP contribution is 2.10. The number of nitrogens with two attached hydrogens (primary N) is 1. The fourth-order valence-electron chi connectivity index (χ4n) is 0.780. The third-order valence-corrected chi connectivity index (χ3v) is 1.73. The molecule has 1 aliphatic heterocycles. The van der Waals surface area contributed by atoms with Crippen molar-refractivity contribution in [1.82, 2.24) is 4.42 Å². The average molecular weight is 323 g/mol. The first-order valence-electron chi connectivity index (χ1n) is 2.85. The molecule has 0 unspecified atom stereocenters. The van der Waals surface area contributed by atoms with Gasteiger partial charge in [-0.2, -0.15) is 0 Å². The van der Waals surface area contributed by atoms with E-state index in [-0.39, 0.29) is 39.9 Å². The zero-order chi connectivity index (χ0) is 7.94. The number of carbonyl (C=O) groups excluding carboxylic acids is 2. The summed E-state index contributed by atoms with van der Waals surface area (Å²) in [7, 11) is 0. The van der Waals surface area contributed by atoms with E-state index in [2.05, 4.69) is 0 Å². The summed E-state index contributed by atoms with van der Waals surface area (Å²) in [5.74, 6) is -0.362. The van der Waals surface area contributed by atoms with E-state index in [4.69, 9.17) is 11.8 Å². The molecule has 1 aliphatic rings. The molecule has 3 amide bonds. The van der Waals surface area contributed by atoms with Crippen LogP contribution in [-0.2, 0) is 4.79 Å². The van der Waals surface area contributed by atoms with Crippen LogP contribution in [0.1, 0.15) is 13.8 Å². The molecule has 1 rings (SSSR count). The van der Waals surface area contributed by atoms with E-state index in [0.29, 0.717) is 4.42 Å². The van der Waals surface area contributed by atoms with Gasteiger partial charge in [-0.3, -0.25) is 4.79 Å². The number of quaternary nitrogens is 1. The van der Waals surface area contributed by atoms with Crippen LogP contribution in [0, 0.1) is 0 Å². The largest absolute Gasteiger partial charge is 1.00 e. The third kappa shape index (κ3) is 2.42. The van der Waals surface area contributed by atoms with Gasteiger partial charge in [0.05, 0.1) is 0 Å². The third-order valence-electron chi connectivity index (χ3n) is 1.41. The van der Waals surface area contributed by atoms with E-state index in [9.17, 15) is 9.59 Å². The lowest BCUT2D eigenvalue weighted by molar-refractivity contribution is -0.604. The molecule has 0 aromatic carbocycles. The standard InChI is InChI=1S/C5H7ClN2O2.2BrH/c1-5(2)3(9)8(6)4(10)7-5;;/h1-2H3,(H,7,10);2*1H/p-1. The molecule has 12 heavy (non-hydrogen) atoms. The zero-order valence-electron chi connectivity index (χ0n) is 6.47. The number of hydrogen-bond acceptors (Lipinski definition) is 2. The van der Waals surface area contributed by atoms with Gasteiger partial charge in [0, 0.05) is 25.6 Å². The normalized spacial score (nSPS) is 20.1. The Kier molecular flexibility index (Phi) is 5.63. The second-order valence-corrected chi connectivity index (χ2v) is 3.13. The predicted octanol–water partition coefficient (Wildman–Crippen LogP) is -6.55. The molecule has 0 radical (unpaired) electrons. The molecule has 2 N–H and O–H groups in total. The Balaban J connectivity index is 0. The Morgan fingerprint density at radius 2 is 1.75 bits per heavy atom. The maximum Gasteiger partial charge on any atom is 0.438 e. The van der Waals surface area contributed by atoms with Gasteiger partial charge >= 0.3 is 11.9 Å². The first-order valence-corrected chi connectivity index (χ1v) is 3.19. The fourth-order valence-corrected chi connectivity index (χ4v) is 1.05. The molecule has 0 aliphatic carbocycles. The SMILES string of the molecule is CC1(C)[NH2+]C(=O)N(Cl)C1=O.[Br-].[Br-]. The predicted molar refractivity (Wildman–Crippen MR) is 34.1 cm³/mol. The minimum absolute atomic E-state index is 0. The quantitative estimate of drug-likeness (QED) is 0.356. The van der Waals surface area contributed by atoms with Crippen molar-refractivity contribution >= 4 is 23.7 Å². The van der Waals surface area contributed by atoms with E-state index < -0.39 is 11.6 Å². The van der Waals surface area contributed by atoms with Gasteiger partial charge in [0.1, 0.15) is 0 Å². The summed E-state index contributed by atoms with van der Waals surface area (Å²) in [4.78, 5) is 21.7. The molecule has 0 spiro atoms. The molecular weight excluding hydrogens is 315 g/mol. The summed E-state index contributed by atoms with van der Waals surface area (Å²) >= 11 is 5.30. The number of amides is 3. The number of carbonyl (C=O) groups is 2. The van der Waals surface area contributed by atoms with Gasteiger partial charge in [0.15, 0.2) is 5.54 Å². The van der Waals surface area contributed by atoms with Crippen LogP contribution in [0.3, 0.4) is 0 Å². The fraction of sp³-hybridized carbons (Fsp3) is 0.600. The lowest BCUT2D eigenvalue weighted by atomic mass is 10.1. The van der Waals surface area contributed by atoms with Crippen LogP contribution >= 0.6 is 11.8 Å². The van der Waals surface area contributed by atoms with E-state index in [1.807, 2.05) is 0 Å². The molecular formula is C5H8Br2ClN2O2-. The lowest BCUT2D eigenvalue weighted by Gasteiger charge is -2.06. The van der Waals surface area contributed by atoms with Crippen LogP contribution < -0.4 is 39.3 Å². The molecule has 0 saturated carbocycles. The van der Waals surface area contributed by atoms with E-state index in [1.165, 1.54) is 5.32 Å². The van der Waals surface area contributed by atoms with E-state index >= 15 is 0 Å². The van der Waals surface area contributed by atoms with Crippen molar-refractivity contribution in [3.05, 3.63) is 0 Å². The van der Waals surface area contributed by atoms with Gasteiger partial charge < -0.3 is 34.0 Å². The monoisotopic (exact) mass is 321 g/mol. The summed E-state index contributed by atoms with van der Waals surface area (Å²) in [6.45, 7) is 3.30. The summed E-state index contributed by atoms with van der Waals surface area (Å²) in [6.07, 6.45) is 0. The minimum Gasteiger partial charge on any atom is -1.00 e. The number of urea groups is 1. The number of halogens is 3. The molecule has 0 atom stereocenters. The number of nitrogens with zero attached hydrogens (tertiary/aromatic N) is 1. The van der Waals surface area contributed by atoms with Crippen molar-refractivity contribution in [2.75, 3.05) is 0 Å². The molecule has 1 heterocycles. The van der Waals surface area contributed by atoms with Gasteiger partial charge in [0.2, 0.25) is 0 Å². The van der Waals surface area contributed by atoms with E-state index in [1.54, 1.807) is 13.8 Å². The molecule has 1 fully saturated rings. The average Bonchev–Trinajstić information content (AvgIpc) is 1.95. The van der Waals surface area contributed by atoms with Gasteiger partial charge in [-0.05, 0) is 0 Å². The summed E-state index contributed by atoms with van der Waals surface area (Å²) in [6, 6.07) is -0.434. The summed E-state index contributed by atoms with van der Waals surface area (Å²) in [5.41, 5.74) is -0.723. The molecule has 1 saturated heterocycles. The van der Waals surface area contributed by atoms with Crippen molar-refractivity contribution in [1.29, 1.82) is 0 Å². The number of hydrogen-bond donors (Lipinski definition) is 1. The highest BCUT2D eigenvalue weighted by Gasteiger charge is 2.49. The van der Waals surface area contributed by atoms with Gasteiger partial charge in [-0.25, -0.2) is 10.1 Å². The van der Waals surface area contributed by atoms with E-state index in [0.717, 1.165) is 0 Å². The molecule has 0 bridgehead atoms. The van der Waals surface area contributed by atoms with Crippen LogP contribution in [0.2, 0.25) is 0 Å². The Morgan fingerprint density at radius 1 is 1.33 bits per heavy atom. The van der Waals surface area contributed by atoms with Crippen LogP contribution in [-0.4, -0.2) is 21.9 Å². The second kappa shape index (κ2) is 4.55. The van der Waals surface area contributed by atoms with Crippen molar-refractivity contribution in [3.8, 4) is 0 Å². The highest BCUT2D eigenvalue weighted by molar-refractivity contribution is 6.31. The molecule has 7 heteroatoms. The van der Waals surface area contributed by atoms with Crippen LogP contribution in [0.5, 0.6) is 0 Å². The topological polar surface area (TPSA) is 54.0 Å². The zero-order valence-corrected chi connectivity index (χ0v) is 10.4. The van der Waals surface area contributed by atoms with Gasteiger partial charge in [0.25, 0.3) is 0 Å². The molecule has 4 nitrogen and oxygen atoms in total. The van der Waals surface area contributed by atoms with Gasteiger partial charge in [-0.15, -0.1) is 4.42 Å². The highest BCUT2D eigenvalue weighted by atomic mass is 79.9. The summed E-state index contributed by atoms with van der Waals surface area (Å²) in [5, 5.41) is 1.31. The van der Waals surface area contributed by atoms with Crippen molar-refractivity contribution in [2.45, 2.75) is 19.4 Å². The number of rotatable bonds is 0. The number of primary amides is 1. The van der Waals surface area contributed by atoms with Gasteiger partial charge in [-0.1, -0.05) is 0 Å². The first-order chi connectivity index (χ1) is 4.45. The molecule has 72 valence electrons. The number of imide groups is 1. The Labute approximate surface area is 96.3 Å². The molecule has 0 aromatic rings. The molecule has 0 aromatic heterocycles. The Morgan fingerprint density at radius 3 is 1.83 bits per heavy atom.